The first-order chi connectivity index (χ1) is 7.18. The van der Waals surface area contributed by atoms with Crippen LogP contribution in [0.25, 0.3) is 0 Å². The fourth-order valence-electron chi connectivity index (χ4n) is 1.17. The number of hydrogen-bond donors (Lipinski definition) is 2. The lowest BCUT2D eigenvalue weighted by Crippen LogP contribution is -2.36. The summed E-state index contributed by atoms with van der Waals surface area (Å²) in [4.78, 5) is 11.2. The predicted molar refractivity (Wildman–Crippen MR) is 59.7 cm³/mol. The summed E-state index contributed by atoms with van der Waals surface area (Å²) in [6.45, 7) is 6.63. The molecule has 1 rings (SSSR count). The van der Waals surface area contributed by atoms with Crippen molar-refractivity contribution in [1.82, 2.24) is 10.6 Å². The number of hydrogen-bond acceptors (Lipinski definition) is 3. The number of amides is 1. The second kappa shape index (κ2) is 6.80. The largest absolute Gasteiger partial charge is 0.379 e. The van der Waals surface area contributed by atoms with Crippen LogP contribution in [0.3, 0.4) is 0 Å². The number of carbonyl (C=O) groups excluding carboxylic acids is 1. The third-order valence-corrected chi connectivity index (χ3v) is 2.15. The van der Waals surface area contributed by atoms with E-state index in [4.69, 9.17) is 4.74 Å². The molecule has 0 unspecified atom stereocenters. The molecule has 15 heavy (non-hydrogen) atoms. The summed E-state index contributed by atoms with van der Waals surface area (Å²) in [6, 6.07) is 0.591. The van der Waals surface area contributed by atoms with Gasteiger partial charge in [0.15, 0.2) is 0 Å². The van der Waals surface area contributed by atoms with E-state index in [-0.39, 0.29) is 5.91 Å². The maximum Gasteiger partial charge on any atom is 0.234 e. The first-order valence-corrected chi connectivity index (χ1v) is 5.76. The zero-order valence-corrected chi connectivity index (χ0v) is 9.71. The molecule has 0 bridgehead atoms. The van der Waals surface area contributed by atoms with Crippen LogP contribution < -0.4 is 10.6 Å². The molecule has 0 radical (unpaired) electrons. The quantitative estimate of drug-likeness (QED) is 0.579. The maximum absolute atomic E-state index is 11.2. The first-order valence-electron chi connectivity index (χ1n) is 5.76. The minimum atomic E-state index is 0.0649. The van der Waals surface area contributed by atoms with Crippen LogP contribution >= 0.6 is 0 Å². The Morgan fingerprint density at radius 2 is 2.20 bits per heavy atom. The normalized spacial score (nSPS) is 15.7. The van der Waals surface area contributed by atoms with E-state index >= 15 is 0 Å². The van der Waals surface area contributed by atoms with Crippen molar-refractivity contribution in [3.8, 4) is 0 Å². The van der Waals surface area contributed by atoms with Crippen molar-refractivity contribution in [2.24, 2.45) is 5.92 Å². The van der Waals surface area contributed by atoms with Crippen LogP contribution in [0, 0.1) is 5.92 Å². The SMILES string of the molecule is CC(C)COCCNC(=O)CNC1CC1. The monoisotopic (exact) mass is 214 g/mol. The molecular weight excluding hydrogens is 192 g/mol. The van der Waals surface area contributed by atoms with Gasteiger partial charge in [-0.2, -0.15) is 0 Å². The van der Waals surface area contributed by atoms with E-state index in [1.807, 2.05) is 0 Å². The van der Waals surface area contributed by atoms with E-state index in [0.29, 0.717) is 31.7 Å². The van der Waals surface area contributed by atoms with E-state index in [2.05, 4.69) is 24.5 Å². The first kappa shape index (κ1) is 12.5. The lowest BCUT2D eigenvalue weighted by molar-refractivity contribution is -0.120. The Bertz CT molecular complexity index is 191. The third kappa shape index (κ3) is 7.33. The molecule has 1 aliphatic carbocycles. The highest BCUT2D eigenvalue weighted by Gasteiger charge is 2.20. The third-order valence-electron chi connectivity index (χ3n) is 2.15. The molecule has 0 saturated heterocycles. The van der Waals surface area contributed by atoms with Gasteiger partial charge in [0, 0.05) is 19.2 Å². The molecule has 88 valence electrons. The Morgan fingerprint density at radius 1 is 1.47 bits per heavy atom. The number of ether oxygens (including phenoxy) is 1. The van der Waals surface area contributed by atoms with E-state index < -0.39 is 0 Å². The molecule has 2 N–H and O–H groups in total. The molecule has 0 aliphatic heterocycles. The Hall–Kier alpha value is -0.610. The van der Waals surface area contributed by atoms with Gasteiger partial charge in [0.25, 0.3) is 0 Å². The number of nitrogens with one attached hydrogen (secondary N) is 2. The van der Waals surface area contributed by atoms with Crippen molar-refractivity contribution in [3.63, 3.8) is 0 Å². The Balaban J connectivity index is 1.83. The minimum absolute atomic E-state index is 0.0649. The smallest absolute Gasteiger partial charge is 0.234 e. The maximum atomic E-state index is 11.2. The average molecular weight is 214 g/mol. The molecular formula is C11H22N2O2. The van der Waals surface area contributed by atoms with E-state index in [0.717, 1.165) is 6.61 Å². The van der Waals surface area contributed by atoms with Crippen molar-refractivity contribution in [3.05, 3.63) is 0 Å². The van der Waals surface area contributed by atoms with Gasteiger partial charge in [-0.1, -0.05) is 13.8 Å². The summed E-state index contributed by atoms with van der Waals surface area (Å²) in [5, 5.41) is 5.98. The average Bonchev–Trinajstić information content (AvgIpc) is 2.97. The van der Waals surface area contributed by atoms with Gasteiger partial charge in [-0.3, -0.25) is 4.79 Å². The van der Waals surface area contributed by atoms with Gasteiger partial charge >= 0.3 is 0 Å². The van der Waals surface area contributed by atoms with Crippen molar-refractivity contribution >= 4 is 5.91 Å². The highest BCUT2D eigenvalue weighted by atomic mass is 16.5. The highest BCUT2D eigenvalue weighted by Crippen LogP contribution is 2.17. The molecule has 0 heterocycles. The molecule has 0 spiro atoms. The zero-order chi connectivity index (χ0) is 11.1. The summed E-state index contributed by atoms with van der Waals surface area (Å²) in [7, 11) is 0. The van der Waals surface area contributed by atoms with Gasteiger partial charge in [0.05, 0.1) is 13.2 Å². The molecule has 1 aliphatic rings. The topological polar surface area (TPSA) is 50.4 Å². The van der Waals surface area contributed by atoms with Gasteiger partial charge in [-0.05, 0) is 18.8 Å². The van der Waals surface area contributed by atoms with E-state index in [9.17, 15) is 4.79 Å². The molecule has 1 amide bonds. The van der Waals surface area contributed by atoms with Crippen LogP contribution in [0.15, 0.2) is 0 Å². The molecule has 4 nitrogen and oxygen atoms in total. The summed E-state index contributed by atoms with van der Waals surface area (Å²) in [5.74, 6) is 0.618. The second-order valence-corrected chi connectivity index (χ2v) is 4.47. The van der Waals surface area contributed by atoms with Gasteiger partial charge in [-0.25, -0.2) is 0 Å². The van der Waals surface area contributed by atoms with E-state index in [1.165, 1.54) is 12.8 Å². The fraction of sp³-hybridized carbons (Fsp3) is 0.909. The Kier molecular flexibility index (Phi) is 5.65. The fourth-order valence-corrected chi connectivity index (χ4v) is 1.17. The Labute approximate surface area is 91.8 Å². The standard InChI is InChI=1S/C11H22N2O2/c1-9(2)8-15-6-5-12-11(14)7-13-10-3-4-10/h9-10,13H,3-8H2,1-2H3,(H,12,14). The Morgan fingerprint density at radius 3 is 2.80 bits per heavy atom. The molecule has 0 aromatic rings. The van der Waals surface area contributed by atoms with Crippen LogP contribution in [-0.4, -0.2) is 38.3 Å². The summed E-state index contributed by atoms with van der Waals surface area (Å²) < 4.78 is 5.35. The summed E-state index contributed by atoms with van der Waals surface area (Å²) in [6.07, 6.45) is 2.43. The van der Waals surface area contributed by atoms with Crippen molar-refractivity contribution in [2.45, 2.75) is 32.7 Å². The molecule has 0 aromatic heterocycles. The van der Waals surface area contributed by atoms with Gasteiger partial charge in [-0.15, -0.1) is 0 Å². The summed E-state index contributed by atoms with van der Waals surface area (Å²) in [5.41, 5.74) is 0. The van der Waals surface area contributed by atoms with Crippen LogP contribution in [0.5, 0.6) is 0 Å². The minimum Gasteiger partial charge on any atom is -0.379 e. The van der Waals surface area contributed by atoms with Crippen LogP contribution in [0.4, 0.5) is 0 Å². The summed E-state index contributed by atoms with van der Waals surface area (Å²) >= 11 is 0. The molecule has 4 heteroatoms. The molecule has 0 aromatic carbocycles. The van der Waals surface area contributed by atoms with Gasteiger partial charge in [0.2, 0.25) is 5.91 Å². The lowest BCUT2D eigenvalue weighted by atomic mass is 10.2. The molecule has 1 fully saturated rings. The molecule has 0 atom stereocenters. The lowest BCUT2D eigenvalue weighted by Gasteiger charge is -2.08. The van der Waals surface area contributed by atoms with Gasteiger partial charge < -0.3 is 15.4 Å². The predicted octanol–water partition coefficient (Wildman–Crippen LogP) is 0.527. The van der Waals surface area contributed by atoms with Crippen LogP contribution in [0.2, 0.25) is 0 Å². The number of rotatable bonds is 8. The zero-order valence-electron chi connectivity index (χ0n) is 9.71. The van der Waals surface area contributed by atoms with Crippen molar-refractivity contribution < 1.29 is 9.53 Å². The van der Waals surface area contributed by atoms with E-state index in [1.54, 1.807) is 0 Å². The van der Waals surface area contributed by atoms with Crippen LogP contribution in [0.1, 0.15) is 26.7 Å². The van der Waals surface area contributed by atoms with Crippen molar-refractivity contribution in [2.75, 3.05) is 26.3 Å². The molecule has 1 saturated carbocycles. The second-order valence-electron chi connectivity index (χ2n) is 4.47. The van der Waals surface area contributed by atoms with Crippen molar-refractivity contribution in [1.29, 1.82) is 0 Å². The highest BCUT2D eigenvalue weighted by molar-refractivity contribution is 5.78. The van der Waals surface area contributed by atoms with Gasteiger partial charge in [0.1, 0.15) is 0 Å². The number of carbonyl (C=O) groups is 1. The van der Waals surface area contributed by atoms with Crippen LogP contribution in [-0.2, 0) is 9.53 Å².